The number of pyridine rings is 2. The van der Waals surface area contributed by atoms with Crippen LogP contribution in [0.4, 0.5) is 5.82 Å². The van der Waals surface area contributed by atoms with Crippen LogP contribution in [0.25, 0.3) is 33.3 Å². The van der Waals surface area contributed by atoms with Gasteiger partial charge in [-0.15, -0.1) is 0 Å². The van der Waals surface area contributed by atoms with Crippen LogP contribution in [0.15, 0.2) is 61.1 Å². The summed E-state index contributed by atoms with van der Waals surface area (Å²) in [5.41, 5.74) is 6.27. The molecule has 4 aromatic heterocycles. The molecule has 0 spiro atoms. The summed E-state index contributed by atoms with van der Waals surface area (Å²) in [6, 6.07) is 14.9. The first-order valence-electron chi connectivity index (χ1n) is 13.7. The van der Waals surface area contributed by atoms with Crippen LogP contribution in [0.5, 0.6) is 0 Å². The van der Waals surface area contributed by atoms with Gasteiger partial charge in [0.25, 0.3) is 0 Å². The zero-order valence-electron chi connectivity index (χ0n) is 22.0. The lowest BCUT2D eigenvalue weighted by atomic mass is 9.79. The van der Waals surface area contributed by atoms with E-state index in [9.17, 15) is 0 Å². The molecule has 7 nitrogen and oxygen atoms in total. The molecular formula is C31H33N7. The highest BCUT2D eigenvalue weighted by Gasteiger charge is 2.28. The Morgan fingerprint density at radius 2 is 1.79 bits per heavy atom. The molecule has 0 unspecified atom stereocenters. The topological polar surface area (TPSA) is 82.6 Å². The number of fused-ring (bicyclic) bond motifs is 2. The first-order valence-corrected chi connectivity index (χ1v) is 13.7. The summed E-state index contributed by atoms with van der Waals surface area (Å²) in [6.07, 6.45) is 9.54. The highest BCUT2D eigenvalue weighted by Crippen LogP contribution is 2.42. The second-order valence-electron chi connectivity index (χ2n) is 11.2. The fraction of sp³-hybridized carbons (Fsp3) is 0.355. The van der Waals surface area contributed by atoms with Crippen LogP contribution in [0.2, 0.25) is 0 Å². The number of H-pyrrole nitrogens is 1. The third-order valence-electron chi connectivity index (χ3n) is 8.52. The smallest absolute Gasteiger partial charge is 0.163 e. The van der Waals surface area contributed by atoms with Crippen molar-refractivity contribution in [2.24, 2.45) is 0 Å². The number of aromatic nitrogens is 5. The van der Waals surface area contributed by atoms with Crippen LogP contribution in [0.3, 0.4) is 0 Å². The van der Waals surface area contributed by atoms with Gasteiger partial charge in [0.1, 0.15) is 11.5 Å². The maximum Gasteiger partial charge on any atom is 0.163 e. The lowest BCUT2D eigenvalue weighted by molar-refractivity contribution is 0.421. The van der Waals surface area contributed by atoms with Gasteiger partial charge in [0.2, 0.25) is 0 Å². The van der Waals surface area contributed by atoms with Crippen LogP contribution >= 0.6 is 0 Å². The summed E-state index contributed by atoms with van der Waals surface area (Å²) >= 11 is 0. The van der Waals surface area contributed by atoms with E-state index in [1.165, 1.54) is 35.8 Å². The highest BCUT2D eigenvalue weighted by atomic mass is 15.2. The molecule has 1 aliphatic carbocycles. The van der Waals surface area contributed by atoms with Crippen LogP contribution in [0.1, 0.15) is 55.8 Å². The number of piperazine rings is 1. The van der Waals surface area contributed by atoms with Crippen molar-refractivity contribution in [2.45, 2.75) is 44.4 Å². The van der Waals surface area contributed by atoms with E-state index < -0.39 is 0 Å². The van der Waals surface area contributed by atoms with E-state index in [1.54, 1.807) is 0 Å². The molecule has 2 fully saturated rings. The maximum atomic E-state index is 5.29. The zero-order valence-corrected chi connectivity index (χ0v) is 22.0. The summed E-state index contributed by atoms with van der Waals surface area (Å²) in [5.74, 6) is 2.33. The average molecular weight is 504 g/mol. The first kappa shape index (κ1) is 23.3. The maximum absolute atomic E-state index is 5.29. The fourth-order valence-corrected chi connectivity index (χ4v) is 5.91. The van der Waals surface area contributed by atoms with Gasteiger partial charge in [-0.1, -0.05) is 50.6 Å². The summed E-state index contributed by atoms with van der Waals surface area (Å²) in [6.45, 7) is 8.28. The third-order valence-corrected chi connectivity index (χ3v) is 8.52. The largest absolute Gasteiger partial charge is 0.353 e. The Bertz CT molecular complexity index is 1610. The second-order valence-corrected chi connectivity index (χ2v) is 11.2. The number of nitrogens with zero attached hydrogens (tertiary/aromatic N) is 5. The molecule has 192 valence electrons. The van der Waals surface area contributed by atoms with E-state index in [-0.39, 0.29) is 5.41 Å². The molecule has 2 aliphatic rings. The number of rotatable bonds is 5. The van der Waals surface area contributed by atoms with Crippen molar-refractivity contribution < 1.29 is 0 Å². The SMILES string of the molecule is CC(C)(c1ccccc1)c1cc2c(-c3nc(N4CCNCC4)c4c(C5CCC5)cncc4n3)ccnc2[nH]1. The van der Waals surface area contributed by atoms with Gasteiger partial charge in [-0.05, 0) is 42.0 Å². The summed E-state index contributed by atoms with van der Waals surface area (Å²) in [4.78, 5) is 25.8. The van der Waals surface area contributed by atoms with Gasteiger partial charge in [-0.25, -0.2) is 15.0 Å². The van der Waals surface area contributed by atoms with Crippen LogP contribution < -0.4 is 10.2 Å². The lowest BCUT2D eigenvalue weighted by Crippen LogP contribution is -2.44. The van der Waals surface area contributed by atoms with Crippen molar-refractivity contribution in [1.82, 2.24) is 30.2 Å². The van der Waals surface area contributed by atoms with Gasteiger partial charge in [-0.3, -0.25) is 4.98 Å². The van der Waals surface area contributed by atoms with Gasteiger partial charge in [0, 0.05) is 66.0 Å². The highest BCUT2D eigenvalue weighted by molar-refractivity contribution is 5.97. The molecule has 1 aromatic carbocycles. The number of nitrogens with one attached hydrogen (secondary N) is 2. The van der Waals surface area contributed by atoms with E-state index in [0.717, 1.165) is 65.6 Å². The zero-order chi connectivity index (χ0) is 25.7. The number of aromatic amines is 1. The predicted octanol–water partition coefficient (Wildman–Crippen LogP) is 5.57. The van der Waals surface area contributed by atoms with Crippen molar-refractivity contribution in [3.63, 3.8) is 0 Å². The van der Waals surface area contributed by atoms with Crippen molar-refractivity contribution in [1.29, 1.82) is 0 Å². The van der Waals surface area contributed by atoms with Gasteiger partial charge in [-0.2, -0.15) is 0 Å². The molecule has 1 saturated carbocycles. The summed E-state index contributed by atoms with van der Waals surface area (Å²) in [5, 5.41) is 5.71. The van der Waals surface area contributed by atoms with Crippen LogP contribution in [-0.2, 0) is 5.41 Å². The Labute approximate surface area is 222 Å². The average Bonchev–Trinajstić information content (AvgIpc) is 3.38. The molecule has 1 saturated heterocycles. The molecule has 38 heavy (non-hydrogen) atoms. The van der Waals surface area contributed by atoms with Gasteiger partial charge < -0.3 is 15.2 Å². The van der Waals surface area contributed by atoms with Crippen molar-refractivity contribution in [3.05, 3.63) is 77.9 Å². The van der Waals surface area contributed by atoms with Gasteiger partial charge in [0.15, 0.2) is 5.82 Å². The van der Waals surface area contributed by atoms with E-state index in [0.29, 0.717) is 5.92 Å². The third kappa shape index (κ3) is 3.84. The van der Waals surface area contributed by atoms with Gasteiger partial charge >= 0.3 is 0 Å². The molecule has 0 atom stereocenters. The van der Waals surface area contributed by atoms with Gasteiger partial charge in [0.05, 0.1) is 11.7 Å². The fourth-order valence-electron chi connectivity index (χ4n) is 5.91. The minimum atomic E-state index is -0.197. The lowest BCUT2D eigenvalue weighted by Gasteiger charge is -2.32. The normalized spacial score (nSPS) is 16.7. The van der Waals surface area contributed by atoms with Crippen molar-refractivity contribution in [2.75, 3.05) is 31.1 Å². The Morgan fingerprint density at radius 1 is 0.974 bits per heavy atom. The molecule has 5 aromatic rings. The minimum absolute atomic E-state index is 0.197. The standard InChI is InChI=1S/C31H33N7/c1-31(2,21-9-4-3-5-10-21)26-17-23-22(11-12-34-28(23)36-26)29-35-25-19-33-18-24(20-7-6-8-20)27(25)30(37-29)38-15-13-32-14-16-38/h3-5,9-12,17-20,32H,6-8,13-16H2,1-2H3,(H,34,36). The molecule has 0 bridgehead atoms. The molecular weight excluding hydrogens is 470 g/mol. The first-order chi connectivity index (χ1) is 18.6. The van der Waals surface area contributed by atoms with E-state index in [4.69, 9.17) is 9.97 Å². The Hall–Kier alpha value is -3.84. The van der Waals surface area contributed by atoms with Crippen LogP contribution in [0, 0.1) is 0 Å². The number of hydrogen-bond donors (Lipinski definition) is 2. The Balaban J connectivity index is 1.40. The molecule has 7 rings (SSSR count). The Morgan fingerprint density at radius 3 is 2.55 bits per heavy atom. The quantitative estimate of drug-likeness (QED) is 0.326. The molecule has 0 radical (unpaired) electrons. The minimum Gasteiger partial charge on any atom is -0.353 e. The molecule has 2 N–H and O–H groups in total. The molecule has 1 aliphatic heterocycles. The monoisotopic (exact) mass is 503 g/mol. The Kier molecular flexibility index (Phi) is 5.62. The van der Waals surface area contributed by atoms with Crippen LogP contribution in [-0.4, -0.2) is 51.1 Å². The summed E-state index contributed by atoms with van der Waals surface area (Å²) < 4.78 is 0. The number of anilines is 1. The second kappa shape index (κ2) is 9.17. The molecule has 0 amide bonds. The molecule has 7 heteroatoms. The van der Waals surface area contributed by atoms with E-state index in [1.807, 2.05) is 18.5 Å². The van der Waals surface area contributed by atoms with E-state index in [2.05, 4.69) is 81.6 Å². The number of benzene rings is 1. The predicted molar refractivity (Wildman–Crippen MR) is 153 cm³/mol. The van der Waals surface area contributed by atoms with Crippen molar-refractivity contribution in [3.8, 4) is 11.4 Å². The van der Waals surface area contributed by atoms with E-state index >= 15 is 0 Å². The number of hydrogen-bond acceptors (Lipinski definition) is 6. The summed E-state index contributed by atoms with van der Waals surface area (Å²) in [7, 11) is 0. The molecule has 5 heterocycles. The van der Waals surface area contributed by atoms with Crippen molar-refractivity contribution >= 4 is 27.8 Å².